The molecule has 9 heteroatoms. The standard InChI is InChI=1S/C24H23F2N5O2/c1-33-16-7-13(6-15(26)8-16)17-10-28-11-18(23(17)31-5-4-19(27)22(32)12-31)24-29-20-3-2-14(25)9-21(20)30-24/h2-3,6-11,19,22,32H,4-5,12,27H2,1H3,(H,29,30). The summed E-state index contributed by atoms with van der Waals surface area (Å²) in [5.41, 5.74) is 9.79. The van der Waals surface area contributed by atoms with E-state index in [2.05, 4.69) is 15.0 Å². The zero-order valence-corrected chi connectivity index (χ0v) is 17.9. The fourth-order valence-electron chi connectivity index (χ4n) is 4.28. The van der Waals surface area contributed by atoms with E-state index in [1.807, 2.05) is 4.90 Å². The van der Waals surface area contributed by atoms with Crippen molar-refractivity contribution < 1.29 is 18.6 Å². The third-order valence-corrected chi connectivity index (χ3v) is 5.98. The van der Waals surface area contributed by atoms with Gasteiger partial charge in [-0.1, -0.05) is 0 Å². The van der Waals surface area contributed by atoms with Crippen LogP contribution in [0.2, 0.25) is 0 Å². The first-order valence-electron chi connectivity index (χ1n) is 10.6. The van der Waals surface area contributed by atoms with E-state index in [0.717, 1.165) is 5.69 Å². The number of piperidine rings is 1. The van der Waals surface area contributed by atoms with Crippen molar-refractivity contribution >= 4 is 16.7 Å². The van der Waals surface area contributed by atoms with E-state index in [0.29, 0.717) is 58.8 Å². The van der Waals surface area contributed by atoms with Crippen LogP contribution in [-0.2, 0) is 0 Å². The Morgan fingerprint density at radius 2 is 1.94 bits per heavy atom. The van der Waals surface area contributed by atoms with E-state index >= 15 is 0 Å². The summed E-state index contributed by atoms with van der Waals surface area (Å²) in [5.74, 6) is 0.0550. The number of imidazole rings is 1. The molecule has 33 heavy (non-hydrogen) atoms. The molecule has 0 saturated carbocycles. The van der Waals surface area contributed by atoms with Gasteiger partial charge in [-0.05, 0) is 42.3 Å². The molecule has 2 aromatic heterocycles. The Labute approximate surface area is 188 Å². The van der Waals surface area contributed by atoms with Crippen molar-refractivity contribution in [3.63, 3.8) is 0 Å². The molecule has 0 radical (unpaired) electrons. The van der Waals surface area contributed by atoms with Crippen LogP contribution in [0.25, 0.3) is 33.5 Å². The molecule has 3 heterocycles. The number of nitrogens with one attached hydrogen (secondary N) is 1. The van der Waals surface area contributed by atoms with Gasteiger partial charge in [0.15, 0.2) is 0 Å². The molecule has 2 aromatic carbocycles. The summed E-state index contributed by atoms with van der Waals surface area (Å²) in [6.07, 6.45) is 3.17. The largest absolute Gasteiger partial charge is 0.497 e. The highest BCUT2D eigenvalue weighted by Gasteiger charge is 2.29. The Morgan fingerprint density at radius 1 is 1.12 bits per heavy atom. The van der Waals surface area contributed by atoms with E-state index in [1.165, 1.54) is 31.4 Å². The molecule has 4 aromatic rings. The van der Waals surface area contributed by atoms with Gasteiger partial charge in [-0.2, -0.15) is 0 Å². The third-order valence-electron chi connectivity index (χ3n) is 5.98. The second-order valence-corrected chi connectivity index (χ2v) is 8.18. The SMILES string of the molecule is COc1cc(F)cc(-c2cncc(-c3nc4ccc(F)cc4[nH]3)c2N2CCC(N)C(O)C2)c1. The van der Waals surface area contributed by atoms with Crippen molar-refractivity contribution in [3.05, 3.63) is 60.4 Å². The molecule has 2 atom stereocenters. The first-order valence-corrected chi connectivity index (χ1v) is 10.6. The molecule has 1 aliphatic rings. The van der Waals surface area contributed by atoms with Gasteiger partial charge in [-0.15, -0.1) is 0 Å². The second kappa shape index (κ2) is 8.42. The lowest BCUT2D eigenvalue weighted by molar-refractivity contribution is 0.132. The zero-order chi connectivity index (χ0) is 23.1. The normalized spacial score (nSPS) is 18.6. The molecule has 0 bridgehead atoms. The van der Waals surface area contributed by atoms with E-state index in [-0.39, 0.29) is 11.9 Å². The number of β-amino-alcohol motifs (C(OH)–C–C–N with tert-alkyl or cyclic N) is 1. The lowest BCUT2D eigenvalue weighted by atomic mass is 9.97. The van der Waals surface area contributed by atoms with Gasteiger partial charge >= 0.3 is 0 Å². The van der Waals surface area contributed by atoms with Crippen molar-refractivity contribution in [1.29, 1.82) is 0 Å². The van der Waals surface area contributed by atoms with Crippen molar-refractivity contribution in [3.8, 4) is 28.3 Å². The molecule has 4 N–H and O–H groups in total. The number of halogens is 2. The van der Waals surface area contributed by atoms with Crippen LogP contribution in [-0.4, -0.2) is 52.4 Å². The molecule has 5 rings (SSSR count). The highest BCUT2D eigenvalue weighted by Crippen LogP contribution is 2.40. The van der Waals surface area contributed by atoms with Crippen LogP contribution in [0, 0.1) is 11.6 Å². The van der Waals surface area contributed by atoms with Crippen molar-refractivity contribution in [2.45, 2.75) is 18.6 Å². The minimum absolute atomic E-state index is 0.298. The van der Waals surface area contributed by atoms with Crippen LogP contribution in [0.15, 0.2) is 48.8 Å². The van der Waals surface area contributed by atoms with Crippen LogP contribution >= 0.6 is 0 Å². The van der Waals surface area contributed by atoms with E-state index in [1.54, 1.807) is 24.5 Å². The molecule has 0 amide bonds. The molecule has 0 aliphatic carbocycles. The average molecular weight is 451 g/mol. The number of nitrogens with zero attached hydrogens (tertiary/aromatic N) is 3. The Bertz CT molecular complexity index is 1330. The minimum Gasteiger partial charge on any atom is -0.497 e. The number of rotatable bonds is 4. The Balaban J connectivity index is 1.72. The number of aromatic nitrogens is 3. The number of aliphatic hydroxyl groups is 1. The number of aromatic amines is 1. The predicted molar refractivity (Wildman–Crippen MR) is 122 cm³/mol. The maximum atomic E-state index is 14.4. The van der Waals surface area contributed by atoms with Gasteiger partial charge in [0.1, 0.15) is 23.2 Å². The number of anilines is 1. The molecule has 7 nitrogen and oxygen atoms in total. The Morgan fingerprint density at radius 3 is 2.73 bits per heavy atom. The van der Waals surface area contributed by atoms with Crippen LogP contribution in [0.1, 0.15) is 6.42 Å². The smallest absolute Gasteiger partial charge is 0.142 e. The summed E-state index contributed by atoms with van der Waals surface area (Å²) < 4.78 is 33.4. The number of aliphatic hydroxyl groups excluding tert-OH is 1. The number of methoxy groups -OCH3 is 1. The third kappa shape index (κ3) is 4.01. The van der Waals surface area contributed by atoms with E-state index in [9.17, 15) is 13.9 Å². The Hall–Kier alpha value is -3.56. The molecular formula is C24H23F2N5O2. The topological polar surface area (TPSA) is 100 Å². The molecule has 170 valence electrons. The fraction of sp³-hybridized carbons (Fsp3) is 0.250. The quantitative estimate of drug-likeness (QED) is 0.439. The maximum absolute atomic E-state index is 14.4. The minimum atomic E-state index is -0.723. The van der Waals surface area contributed by atoms with Gasteiger partial charge in [0.2, 0.25) is 0 Å². The summed E-state index contributed by atoms with van der Waals surface area (Å²) in [5, 5.41) is 10.5. The lowest BCUT2D eigenvalue weighted by Crippen LogP contribution is -2.50. The summed E-state index contributed by atoms with van der Waals surface area (Å²) in [7, 11) is 1.48. The van der Waals surface area contributed by atoms with Gasteiger partial charge in [0.25, 0.3) is 0 Å². The number of ether oxygens (including phenoxy) is 1. The van der Waals surface area contributed by atoms with Crippen LogP contribution < -0.4 is 15.4 Å². The van der Waals surface area contributed by atoms with Gasteiger partial charge in [-0.3, -0.25) is 4.98 Å². The summed E-state index contributed by atoms with van der Waals surface area (Å²) in [6.45, 7) is 0.885. The molecule has 1 saturated heterocycles. The summed E-state index contributed by atoms with van der Waals surface area (Å²) in [4.78, 5) is 14.2. The summed E-state index contributed by atoms with van der Waals surface area (Å²) in [6, 6.07) is 8.45. The lowest BCUT2D eigenvalue weighted by Gasteiger charge is -2.37. The number of pyridine rings is 1. The van der Waals surface area contributed by atoms with Gasteiger partial charge in [0.05, 0.1) is 35.5 Å². The number of hydrogen-bond acceptors (Lipinski definition) is 6. The predicted octanol–water partition coefficient (Wildman–Crippen LogP) is 3.48. The van der Waals surface area contributed by atoms with Crippen LogP contribution in [0.3, 0.4) is 0 Å². The molecular weight excluding hydrogens is 428 g/mol. The molecule has 2 unspecified atom stereocenters. The average Bonchev–Trinajstić information content (AvgIpc) is 3.23. The zero-order valence-electron chi connectivity index (χ0n) is 17.9. The monoisotopic (exact) mass is 451 g/mol. The molecule has 1 aliphatic heterocycles. The number of hydrogen-bond donors (Lipinski definition) is 3. The first-order chi connectivity index (χ1) is 15.9. The van der Waals surface area contributed by atoms with Crippen molar-refractivity contribution in [2.24, 2.45) is 5.73 Å². The molecule has 0 spiro atoms. The van der Waals surface area contributed by atoms with Crippen LogP contribution in [0.5, 0.6) is 5.75 Å². The maximum Gasteiger partial charge on any atom is 0.142 e. The number of benzene rings is 2. The molecule has 1 fully saturated rings. The van der Waals surface area contributed by atoms with Gasteiger partial charge in [-0.25, -0.2) is 13.8 Å². The van der Waals surface area contributed by atoms with E-state index in [4.69, 9.17) is 10.5 Å². The fourth-order valence-corrected chi connectivity index (χ4v) is 4.28. The second-order valence-electron chi connectivity index (χ2n) is 8.18. The van der Waals surface area contributed by atoms with Crippen molar-refractivity contribution in [1.82, 2.24) is 15.0 Å². The van der Waals surface area contributed by atoms with Crippen molar-refractivity contribution in [2.75, 3.05) is 25.1 Å². The number of H-pyrrole nitrogens is 1. The van der Waals surface area contributed by atoms with E-state index < -0.39 is 11.9 Å². The van der Waals surface area contributed by atoms with Gasteiger partial charge < -0.3 is 25.5 Å². The summed E-state index contributed by atoms with van der Waals surface area (Å²) >= 11 is 0. The highest BCUT2D eigenvalue weighted by molar-refractivity contribution is 5.91. The highest BCUT2D eigenvalue weighted by atomic mass is 19.1. The Kier molecular flexibility index (Phi) is 5.43. The number of fused-ring (bicyclic) bond motifs is 1. The van der Waals surface area contributed by atoms with Gasteiger partial charge in [0, 0.05) is 43.2 Å². The van der Waals surface area contributed by atoms with Crippen LogP contribution in [0.4, 0.5) is 14.5 Å². The number of nitrogens with two attached hydrogens (primary N) is 1. The first kappa shape index (κ1) is 21.3.